The number of hydrogen-bond donors (Lipinski definition) is 0. The molecule has 1 aliphatic carbocycles. The first-order valence-electron chi connectivity index (χ1n) is 5.14. The minimum absolute atomic E-state index is 0.439. The van der Waals surface area contributed by atoms with Gasteiger partial charge < -0.3 is 4.74 Å². The van der Waals surface area contributed by atoms with E-state index in [9.17, 15) is 0 Å². The molecule has 2 aliphatic rings. The Balaban J connectivity index is 1.74. The van der Waals surface area contributed by atoms with Gasteiger partial charge in [0.2, 0.25) is 0 Å². The average molecular weight is 179 g/mol. The van der Waals surface area contributed by atoms with Crippen LogP contribution in [0.25, 0.3) is 0 Å². The summed E-state index contributed by atoms with van der Waals surface area (Å²) in [5.74, 6) is 1.08. The molecule has 2 nitrogen and oxygen atoms in total. The maximum Gasteiger partial charge on any atom is 0.124 e. The van der Waals surface area contributed by atoms with Crippen LogP contribution in [-0.4, -0.2) is 30.6 Å². The van der Waals surface area contributed by atoms with E-state index in [1.807, 2.05) is 0 Å². The Morgan fingerprint density at radius 2 is 2.31 bits per heavy atom. The molecule has 1 saturated heterocycles. The molecule has 0 saturated carbocycles. The van der Waals surface area contributed by atoms with E-state index in [0.717, 1.165) is 31.8 Å². The summed E-state index contributed by atoms with van der Waals surface area (Å²) in [5, 5.41) is 0. The van der Waals surface area contributed by atoms with E-state index < -0.39 is 0 Å². The largest absolute Gasteiger partial charge is 0.488 e. The summed E-state index contributed by atoms with van der Waals surface area (Å²) in [6.45, 7) is 5.54. The first kappa shape index (κ1) is 8.82. The van der Waals surface area contributed by atoms with Crippen LogP contribution in [-0.2, 0) is 4.74 Å². The van der Waals surface area contributed by atoms with Crippen molar-refractivity contribution in [2.24, 2.45) is 0 Å². The Hall–Kier alpha value is -0.760. The van der Waals surface area contributed by atoms with Gasteiger partial charge in [-0.15, -0.1) is 0 Å². The molecule has 0 amide bonds. The van der Waals surface area contributed by atoms with Gasteiger partial charge in [-0.05, 0) is 31.5 Å². The number of ether oxygens (including phenoxy) is 1. The summed E-state index contributed by atoms with van der Waals surface area (Å²) < 4.78 is 5.79. The fourth-order valence-corrected chi connectivity index (χ4v) is 1.72. The highest BCUT2D eigenvalue weighted by Gasteiger charge is 2.26. The van der Waals surface area contributed by atoms with E-state index in [-0.39, 0.29) is 0 Å². The van der Waals surface area contributed by atoms with E-state index in [4.69, 9.17) is 4.74 Å². The van der Waals surface area contributed by atoms with Crippen molar-refractivity contribution in [2.45, 2.75) is 25.9 Å². The second-order valence-electron chi connectivity index (χ2n) is 3.68. The van der Waals surface area contributed by atoms with Gasteiger partial charge in [0.05, 0.1) is 0 Å². The van der Waals surface area contributed by atoms with E-state index >= 15 is 0 Å². The van der Waals surface area contributed by atoms with Gasteiger partial charge in [0, 0.05) is 13.1 Å². The predicted molar refractivity (Wildman–Crippen MR) is 53.4 cm³/mol. The number of likely N-dealkylation sites (tertiary alicyclic amines) is 1. The number of hydrogen-bond acceptors (Lipinski definition) is 2. The molecule has 13 heavy (non-hydrogen) atoms. The fraction of sp³-hybridized carbons (Fsp3) is 0.636. The third-order valence-electron chi connectivity index (χ3n) is 2.63. The lowest BCUT2D eigenvalue weighted by molar-refractivity contribution is -0.0149. The monoisotopic (exact) mass is 179 g/mol. The van der Waals surface area contributed by atoms with Gasteiger partial charge in [0.25, 0.3) is 0 Å². The minimum Gasteiger partial charge on any atom is -0.488 e. The summed E-state index contributed by atoms with van der Waals surface area (Å²) in [5.41, 5.74) is 0. The van der Waals surface area contributed by atoms with E-state index in [1.54, 1.807) is 0 Å². The molecule has 0 aromatic carbocycles. The summed E-state index contributed by atoms with van der Waals surface area (Å²) in [7, 11) is 0. The molecule has 72 valence electrons. The minimum atomic E-state index is 0.439. The van der Waals surface area contributed by atoms with Crippen molar-refractivity contribution in [2.75, 3.05) is 19.6 Å². The Morgan fingerprint density at radius 3 is 2.92 bits per heavy atom. The normalized spacial score (nSPS) is 23.9. The number of rotatable bonds is 3. The van der Waals surface area contributed by atoms with Crippen LogP contribution in [0.2, 0.25) is 0 Å². The van der Waals surface area contributed by atoms with E-state index in [2.05, 4.69) is 30.1 Å². The molecule has 2 heteroatoms. The molecule has 0 bridgehead atoms. The lowest BCUT2D eigenvalue weighted by atomic mass is 10.1. The quantitative estimate of drug-likeness (QED) is 0.656. The van der Waals surface area contributed by atoms with Gasteiger partial charge >= 0.3 is 0 Å². The van der Waals surface area contributed by atoms with Crippen LogP contribution in [0.3, 0.4) is 0 Å². The summed E-state index contributed by atoms with van der Waals surface area (Å²) in [6, 6.07) is 0. The van der Waals surface area contributed by atoms with Crippen LogP contribution >= 0.6 is 0 Å². The van der Waals surface area contributed by atoms with Crippen molar-refractivity contribution in [3.05, 3.63) is 24.0 Å². The van der Waals surface area contributed by atoms with Crippen molar-refractivity contribution < 1.29 is 4.74 Å². The van der Waals surface area contributed by atoms with Crippen molar-refractivity contribution >= 4 is 0 Å². The zero-order chi connectivity index (χ0) is 9.10. The number of nitrogens with zero attached hydrogens (tertiary/aromatic N) is 1. The summed E-state index contributed by atoms with van der Waals surface area (Å²) >= 11 is 0. The van der Waals surface area contributed by atoms with Crippen LogP contribution in [0, 0.1) is 0 Å². The highest BCUT2D eigenvalue weighted by molar-refractivity contribution is 5.16. The standard InChI is InChI=1S/C11H17NO/c1-2-12-8-11(9-12)13-10-6-4-3-5-7-10/h4,6-7,11H,2-3,5,8-9H2,1H3. The highest BCUT2D eigenvalue weighted by atomic mass is 16.5. The third kappa shape index (κ3) is 2.13. The van der Waals surface area contributed by atoms with Crippen molar-refractivity contribution in [1.82, 2.24) is 4.90 Å². The van der Waals surface area contributed by atoms with Crippen LogP contribution in [0.1, 0.15) is 19.8 Å². The average Bonchev–Trinajstić information content (AvgIpc) is 2.12. The van der Waals surface area contributed by atoms with Crippen LogP contribution in [0.15, 0.2) is 24.0 Å². The third-order valence-corrected chi connectivity index (χ3v) is 2.63. The second kappa shape index (κ2) is 3.97. The molecule has 0 N–H and O–H groups in total. The lowest BCUT2D eigenvalue weighted by Gasteiger charge is -2.38. The number of likely N-dealkylation sites (N-methyl/N-ethyl adjacent to an activating group) is 1. The predicted octanol–water partition coefficient (Wildman–Crippen LogP) is 1.94. The van der Waals surface area contributed by atoms with Gasteiger partial charge in [0.1, 0.15) is 11.9 Å². The van der Waals surface area contributed by atoms with Crippen LogP contribution in [0.5, 0.6) is 0 Å². The van der Waals surface area contributed by atoms with Gasteiger partial charge in [-0.3, -0.25) is 4.90 Å². The van der Waals surface area contributed by atoms with Gasteiger partial charge in [-0.2, -0.15) is 0 Å². The smallest absolute Gasteiger partial charge is 0.124 e. The molecule has 1 aliphatic heterocycles. The Morgan fingerprint density at radius 1 is 1.46 bits per heavy atom. The lowest BCUT2D eigenvalue weighted by Crippen LogP contribution is -2.51. The molecule has 0 radical (unpaired) electrons. The fourth-order valence-electron chi connectivity index (χ4n) is 1.72. The Kier molecular flexibility index (Phi) is 2.69. The highest BCUT2D eigenvalue weighted by Crippen LogP contribution is 2.18. The SMILES string of the molecule is CCN1CC(OC2=CCCC=C2)C1. The van der Waals surface area contributed by atoms with Crippen molar-refractivity contribution in [3.8, 4) is 0 Å². The van der Waals surface area contributed by atoms with E-state index in [1.165, 1.54) is 6.42 Å². The molecule has 0 aromatic heterocycles. The van der Waals surface area contributed by atoms with Crippen LogP contribution < -0.4 is 0 Å². The maximum absolute atomic E-state index is 5.79. The van der Waals surface area contributed by atoms with E-state index in [0.29, 0.717) is 6.10 Å². The molecular weight excluding hydrogens is 162 g/mol. The Bertz CT molecular complexity index is 226. The first-order chi connectivity index (χ1) is 6.38. The zero-order valence-corrected chi connectivity index (χ0v) is 8.20. The maximum atomic E-state index is 5.79. The molecular formula is C11H17NO. The molecule has 0 spiro atoms. The van der Waals surface area contributed by atoms with Gasteiger partial charge in [0.15, 0.2) is 0 Å². The number of allylic oxidation sites excluding steroid dienone is 3. The van der Waals surface area contributed by atoms with Crippen molar-refractivity contribution in [3.63, 3.8) is 0 Å². The summed E-state index contributed by atoms with van der Waals surface area (Å²) in [4.78, 5) is 2.39. The molecule has 1 heterocycles. The molecule has 1 fully saturated rings. The molecule has 0 aromatic rings. The van der Waals surface area contributed by atoms with Crippen LogP contribution in [0.4, 0.5) is 0 Å². The zero-order valence-electron chi connectivity index (χ0n) is 8.20. The second-order valence-corrected chi connectivity index (χ2v) is 3.68. The van der Waals surface area contributed by atoms with Gasteiger partial charge in [-0.25, -0.2) is 0 Å². The topological polar surface area (TPSA) is 12.5 Å². The van der Waals surface area contributed by atoms with Crippen molar-refractivity contribution in [1.29, 1.82) is 0 Å². The molecule has 0 atom stereocenters. The Labute approximate surface area is 79.9 Å². The van der Waals surface area contributed by atoms with Gasteiger partial charge in [-0.1, -0.05) is 13.0 Å². The molecule has 0 unspecified atom stereocenters. The summed E-state index contributed by atoms with van der Waals surface area (Å²) in [6.07, 6.45) is 9.21. The first-order valence-corrected chi connectivity index (χ1v) is 5.14. The molecule has 2 rings (SSSR count).